The lowest BCUT2D eigenvalue weighted by molar-refractivity contribution is -0.390. The fourth-order valence-electron chi connectivity index (χ4n) is 7.88. The predicted octanol–water partition coefficient (Wildman–Crippen LogP) is 5.30. The van der Waals surface area contributed by atoms with Crippen LogP contribution in [0, 0.1) is 23.7 Å². The van der Waals surface area contributed by atoms with E-state index in [0.717, 1.165) is 56.2 Å². The van der Waals surface area contributed by atoms with Crippen molar-refractivity contribution in [2.75, 3.05) is 19.7 Å². The summed E-state index contributed by atoms with van der Waals surface area (Å²) in [5, 5.41) is 13.0. The number of benzene rings is 1. The lowest BCUT2D eigenvalue weighted by Gasteiger charge is -2.57. The van der Waals surface area contributed by atoms with Crippen LogP contribution in [0.25, 0.3) is 0 Å². The average molecular weight is 486 g/mol. The standard InChI is InChI=1S/C29H43NO5/c1-27(2,31)19-30-11-4-12-32-26-8-6-22(7-9-26)23-5-3-10-28(18-23)33-29(35-34-28)24-14-20-13-21(16-24)17-25(29)15-20/h6-9,20-21,23-25,30-31H,3-5,10-19H2,1-2H3/t20?,21?,23-,24?,25?,28-,29?/m1/s1. The third kappa shape index (κ3) is 4.89. The van der Waals surface area contributed by atoms with Crippen molar-refractivity contribution in [1.29, 1.82) is 0 Å². The molecule has 6 fully saturated rings. The molecule has 35 heavy (non-hydrogen) atoms. The van der Waals surface area contributed by atoms with Crippen LogP contribution in [0.3, 0.4) is 0 Å². The summed E-state index contributed by atoms with van der Waals surface area (Å²) in [5.41, 5.74) is 0.659. The average Bonchev–Trinajstić information content (AvgIpc) is 3.18. The second kappa shape index (κ2) is 9.29. The van der Waals surface area contributed by atoms with Gasteiger partial charge in [-0.2, -0.15) is 9.78 Å². The zero-order valence-electron chi connectivity index (χ0n) is 21.5. The minimum absolute atomic E-state index is 0.416. The van der Waals surface area contributed by atoms with Crippen LogP contribution in [0.2, 0.25) is 0 Å². The molecule has 1 aliphatic heterocycles. The molecule has 1 heterocycles. The van der Waals surface area contributed by atoms with Gasteiger partial charge in [-0.25, -0.2) is 0 Å². The summed E-state index contributed by atoms with van der Waals surface area (Å²) in [6.07, 6.45) is 11.4. The molecule has 2 N–H and O–H groups in total. The molecular weight excluding hydrogens is 442 g/mol. The maximum absolute atomic E-state index is 9.75. The van der Waals surface area contributed by atoms with Gasteiger partial charge in [0.2, 0.25) is 11.6 Å². The Morgan fingerprint density at radius 2 is 1.74 bits per heavy atom. The van der Waals surface area contributed by atoms with E-state index in [1.807, 2.05) is 13.8 Å². The number of ether oxygens (including phenoxy) is 2. The Labute approximate surface area is 210 Å². The van der Waals surface area contributed by atoms with Crippen LogP contribution in [-0.4, -0.2) is 42.0 Å². The molecule has 0 aromatic heterocycles. The number of nitrogens with one attached hydrogen (secondary N) is 1. The maximum atomic E-state index is 9.75. The highest BCUT2D eigenvalue weighted by molar-refractivity contribution is 5.30. The molecule has 1 aromatic carbocycles. The number of aliphatic hydroxyl groups is 1. The van der Waals surface area contributed by atoms with Gasteiger partial charge in [0.25, 0.3) is 0 Å². The highest BCUT2D eigenvalue weighted by Crippen LogP contribution is 2.64. The van der Waals surface area contributed by atoms with Crippen molar-refractivity contribution in [1.82, 2.24) is 5.32 Å². The first-order valence-corrected chi connectivity index (χ1v) is 14.1. The second-order valence-corrected chi connectivity index (χ2v) is 12.8. The number of hydrogen-bond acceptors (Lipinski definition) is 6. The number of rotatable bonds is 8. The van der Waals surface area contributed by atoms with E-state index in [-0.39, 0.29) is 0 Å². The zero-order chi connectivity index (χ0) is 24.1. The van der Waals surface area contributed by atoms with E-state index in [1.165, 1.54) is 37.7 Å². The smallest absolute Gasteiger partial charge is 0.210 e. The lowest BCUT2D eigenvalue weighted by atomic mass is 9.53. The molecular formula is C29H43NO5. The molecule has 0 amide bonds. The van der Waals surface area contributed by atoms with Gasteiger partial charge in [0.1, 0.15) is 5.75 Å². The van der Waals surface area contributed by atoms with Crippen LogP contribution in [0.5, 0.6) is 5.75 Å². The van der Waals surface area contributed by atoms with Crippen LogP contribution in [0.1, 0.15) is 89.5 Å². The van der Waals surface area contributed by atoms with Crippen LogP contribution in [-0.2, 0) is 14.5 Å². The van der Waals surface area contributed by atoms with E-state index in [0.29, 0.717) is 30.9 Å². The first-order chi connectivity index (χ1) is 16.8. The monoisotopic (exact) mass is 485 g/mol. The van der Waals surface area contributed by atoms with E-state index in [4.69, 9.17) is 19.2 Å². The molecule has 0 unspecified atom stereocenters. The maximum Gasteiger partial charge on any atom is 0.210 e. The summed E-state index contributed by atoms with van der Waals surface area (Å²) < 4.78 is 12.9. The first kappa shape index (κ1) is 24.2. The van der Waals surface area contributed by atoms with Gasteiger partial charge in [-0.3, -0.25) is 0 Å². The Kier molecular flexibility index (Phi) is 6.41. The quantitative estimate of drug-likeness (QED) is 0.385. The molecule has 1 aromatic rings. The molecule has 2 spiro atoms. The van der Waals surface area contributed by atoms with Gasteiger partial charge in [-0.1, -0.05) is 12.1 Å². The SMILES string of the molecule is CC(C)(O)CNCCCOc1ccc([C@@H]2CCC[C@]3(C2)OOC2(O3)C3CC4CC(C3)CC2C4)cc1. The van der Waals surface area contributed by atoms with E-state index >= 15 is 0 Å². The van der Waals surface area contributed by atoms with E-state index in [1.54, 1.807) is 0 Å². The van der Waals surface area contributed by atoms with Crippen molar-refractivity contribution in [3.8, 4) is 5.75 Å². The Morgan fingerprint density at radius 3 is 2.43 bits per heavy atom. The van der Waals surface area contributed by atoms with E-state index < -0.39 is 17.2 Å². The van der Waals surface area contributed by atoms with E-state index in [9.17, 15) is 5.11 Å². The predicted molar refractivity (Wildman–Crippen MR) is 133 cm³/mol. The zero-order valence-corrected chi connectivity index (χ0v) is 21.5. The minimum Gasteiger partial charge on any atom is -0.494 e. The topological polar surface area (TPSA) is 69.2 Å². The molecule has 7 rings (SSSR count). The van der Waals surface area contributed by atoms with Crippen molar-refractivity contribution in [3.63, 3.8) is 0 Å². The van der Waals surface area contributed by atoms with Gasteiger partial charge < -0.3 is 19.9 Å². The van der Waals surface area contributed by atoms with Crippen molar-refractivity contribution < 1.29 is 24.4 Å². The van der Waals surface area contributed by atoms with Crippen LogP contribution in [0.4, 0.5) is 0 Å². The summed E-state index contributed by atoms with van der Waals surface area (Å²) in [7, 11) is 0. The third-order valence-electron chi connectivity index (χ3n) is 9.29. The Bertz CT molecular complexity index is 852. The van der Waals surface area contributed by atoms with E-state index in [2.05, 4.69) is 29.6 Å². The second-order valence-electron chi connectivity index (χ2n) is 12.8. The van der Waals surface area contributed by atoms with Gasteiger partial charge in [-0.05, 0) is 107 Å². The fraction of sp³-hybridized carbons (Fsp3) is 0.793. The van der Waals surface area contributed by atoms with Crippen LogP contribution < -0.4 is 10.1 Å². The molecule has 4 bridgehead atoms. The first-order valence-electron chi connectivity index (χ1n) is 14.1. The van der Waals surface area contributed by atoms with Gasteiger partial charge in [0.15, 0.2) is 0 Å². The summed E-state index contributed by atoms with van der Waals surface area (Å²) in [6, 6.07) is 8.60. The van der Waals surface area contributed by atoms with Gasteiger partial charge in [0, 0.05) is 31.2 Å². The largest absolute Gasteiger partial charge is 0.494 e. The summed E-state index contributed by atoms with van der Waals surface area (Å²) in [5.74, 6) is 3.07. The molecule has 6 nitrogen and oxygen atoms in total. The molecule has 5 aliphatic carbocycles. The highest BCUT2D eigenvalue weighted by Gasteiger charge is 2.67. The molecule has 5 saturated carbocycles. The Balaban J connectivity index is 1.03. The molecule has 1 saturated heterocycles. The van der Waals surface area contributed by atoms with Gasteiger partial charge >= 0.3 is 0 Å². The molecule has 6 heteroatoms. The third-order valence-corrected chi connectivity index (χ3v) is 9.29. The molecule has 194 valence electrons. The minimum atomic E-state index is -0.675. The van der Waals surface area contributed by atoms with Gasteiger partial charge in [-0.15, -0.1) is 0 Å². The Morgan fingerprint density at radius 1 is 1.03 bits per heavy atom. The van der Waals surface area contributed by atoms with Crippen molar-refractivity contribution in [3.05, 3.63) is 29.8 Å². The van der Waals surface area contributed by atoms with Crippen LogP contribution in [0.15, 0.2) is 24.3 Å². The Hall–Kier alpha value is -1.18. The summed E-state index contributed by atoms with van der Waals surface area (Å²) in [6.45, 7) is 5.71. The molecule has 0 radical (unpaired) electrons. The van der Waals surface area contributed by atoms with Gasteiger partial charge in [0.05, 0.1) is 12.2 Å². The highest BCUT2D eigenvalue weighted by atomic mass is 17.3. The lowest BCUT2D eigenvalue weighted by Crippen LogP contribution is -2.59. The fourth-order valence-corrected chi connectivity index (χ4v) is 7.88. The van der Waals surface area contributed by atoms with Crippen LogP contribution >= 0.6 is 0 Å². The normalized spacial score (nSPS) is 40.1. The summed E-state index contributed by atoms with van der Waals surface area (Å²) >= 11 is 0. The van der Waals surface area contributed by atoms with Crippen molar-refractivity contribution in [2.24, 2.45) is 23.7 Å². The summed E-state index contributed by atoms with van der Waals surface area (Å²) in [4.78, 5) is 12.4. The molecule has 2 atom stereocenters. The number of hydrogen-bond donors (Lipinski definition) is 2. The van der Waals surface area contributed by atoms with Crippen molar-refractivity contribution in [2.45, 2.75) is 101 Å². The molecule has 6 aliphatic rings. The van der Waals surface area contributed by atoms with Crippen molar-refractivity contribution >= 4 is 0 Å².